The van der Waals surface area contributed by atoms with Gasteiger partial charge >= 0.3 is 5.69 Å². The van der Waals surface area contributed by atoms with E-state index in [9.17, 15) is 19.2 Å². The number of H-pyrrole nitrogens is 1. The number of carbonyl (C=O) groups is 2. The molecule has 1 atom stereocenters. The molecule has 9 nitrogen and oxygen atoms in total. The standard InChI is InChI=1S/C20H21N3O6/c1-28-13-2-3-16-14(10-13)15(24)11-20(29-16)6-9-23(12-20)18(26)5-8-22-7-4-17(25)21-19(22)27/h2-4,7,10H,5-6,8-9,11-12H2,1H3,(H,21,25,27). The van der Waals surface area contributed by atoms with Crippen LogP contribution in [0.5, 0.6) is 11.5 Å². The molecule has 1 spiro atoms. The number of methoxy groups -OCH3 is 1. The smallest absolute Gasteiger partial charge is 0.328 e. The Morgan fingerprint density at radius 1 is 1.28 bits per heavy atom. The highest BCUT2D eigenvalue weighted by Crippen LogP contribution is 2.40. The van der Waals surface area contributed by atoms with Crippen LogP contribution in [0.2, 0.25) is 0 Å². The van der Waals surface area contributed by atoms with Gasteiger partial charge in [0, 0.05) is 38.2 Å². The molecule has 152 valence electrons. The molecule has 0 radical (unpaired) electrons. The zero-order valence-electron chi connectivity index (χ0n) is 16.0. The highest BCUT2D eigenvalue weighted by atomic mass is 16.5. The SMILES string of the molecule is COc1ccc2c(c1)C(=O)CC1(CCN(C(=O)CCn3ccc(=O)[nH]c3=O)C1)O2. The molecule has 1 aromatic carbocycles. The highest BCUT2D eigenvalue weighted by Gasteiger charge is 2.46. The van der Waals surface area contributed by atoms with Crippen molar-refractivity contribution < 1.29 is 19.1 Å². The van der Waals surface area contributed by atoms with Crippen LogP contribution in [0, 0.1) is 0 Å². The zero-order valence-corrected chi connectivity index (χ0v) is 16.0. The molecule has 0 aliphatic carbocycles. The minimum absolute atomic E-state index is 0.0285. The molecule has 1 N–H and O–H groups in total. The number of hydrogen-bond acceptors (Lipinski definition) is 6. The normalized spacial score (nSPS) is 20.4. The van der Waals surface area contributed by atoms with Crippen molar-refractivity contribution in [2.24, 2.45) is 0 Å². The molecule has 2 aliphatic heterocycles. The molecular formula is C20H21N3O6. The van der Waals surface area contributed by atoms with Gasteiger partial charge in [-0.3, -0.25) is 19.4 Å². The molecule has 1 aromatic heterocycles. The number of rotatable bonds is 4. The van der Waals surface area contributed by atoms with Crippen molar-refractivity contribution in [1.82, 2.24) is 14.5 Å². The van der Waals surface area contributed by atoms with Crippen LogP contribution in [0.1, 0.15) is 29.6 Å². The lowest BCUT2D eigenvalue weighted by Crippen LogP contribution is -2.45. The van der Waals surface area contributed by atoms with Crippen LogP contribution in [0.3, 0.4) is 0 Å². The van der Waals surface area contributed by atoms with Crippen molar-refractivity contribution in [3.05, 3.63) is 56.9 Å². The van der Waals surface area contributed by atoms with Gasteiger partial charge in [0.2, 0.25) is 5.91 Å². The fourth-order valence-corrected chi connectivity index (χ4v) is 3.88. The van der Waals surface area contributed by atoms with E-state index in [0.29, 0.717) is 36.6 Å². The molecule has 1 unspecified atom stereocenters. The molecule has 9 heteroatoms. The third-order valence-corrected chi connectivity index (χ3v) is 5.43. The fraction of sp³-hybridized carbons (Fsp3) is 0.400. The van der Waals surface area contributed by atoms with Crippen molar-refractivity contribution >= 4 is 11.7 Å². The summed E-state index contributed by atoms with van der Waals surface area (Å²) in [6.07, 6.45) is 2.25. The largest absolute Gasteiger partial charge is 0.497 e. The summed E-state index contributed by atoms with van der Waals surface area (Å²) >= 11 is 0. The molecule has 29 heavy (non-hydrogen) atoms. The highest BCUT2D eigenvalue weighted by molar-refractivity contribution is 6.01. The molecule has 2 aromatic rings. The summed E-state index contributed by atoms with van der Waals surface area (Å²) in [5, 5.41) is 0. The van der Waals surface area contributed by atoms with Gasteiger partial charge in [0.05, 0.1) is 25.6 Å². The van der Waals surface area contributed by atoms with Crippen molar-refractivity contribution in [2.75, 3.05) is 20.2 Å². The number of fused-ring (bicyclic) bond motifs is 1. The summed E-state index contributed by atoms with van der Waals surface area (Å²) in [6, 6.07) is 6.37. The topological polar surface area (TPSA) is 111 Å². The van der Waals surface area contributed by atoms with Crippen LogP contribution in [-0.4, -0.2) is 51.9 Å². The maximum atomic E-state index is 12.7. The Hall–Kier alpha value is -3.36. The lowest BCUT2D eigenvalue weighted by Gasteiger charge is -2.34. The van der Waals surface area contributed by atoms with Crippen LogP contribution < -0.4 is 20.7 Å². The number of benzene rings is 1. The van der Waals surface area contributed by atoms with Crippen molar-refractivity contribution in [3.8, 4) is 11.5 Å². The number of nitrogens with one attached hydrogen (secondary N) is 1. The van der Waals surface area contributed by atoms with Gasteiger partial charge in [-0.15, -0.1) is 0 Å². The number of aromatic nitrogens is 2. The van der Waals surface area contributed by atoms with E-state index in [2.05, 4.69) is 4.98 Å². The number of ether oxygens (including phenoxy) is 2. The van der Waals surface area contributed by atoms with Crippen molar-refractivity contribution in [1.29, 1.82) is 0 Å². The lowest BCUT2D eigenvalue weighted by atomic mass is 9.89. The number of Topliss-reactive ketones (excluding diaryl/α,β-unsaturated/α-hetero) is 1. The van der Waals surface area contributed by atoms with Gasteiger partial charge in [0.25, 0.3) is 5.56 Å². The third kappa shape index (κ3) is 3.67. The van der Waals surface area contributed by atoms with E-state index >= 15 is 0 Å². The van der Waals surface area contributed by atoms with E-state index in [1.54, 1.807) is 30.2 Å². The Morgan fingerprint density at radius 2 is 2.10 bits per heavy atom. The van der Waals surface area contributed by atoms with E-state index in [-0.39, 0.29) is 31.1 Å². The van der Waals surface area contributed by atoms with Crippen molar-refractivity contribution in [3.63, 3.8) is 0 Å². The first-order chi connectivity index (χ1) is 13.9. The predicted molar refractivity (Wildman–Crippen MR) is 102 cm³/mol. The Bertz CT molecular complexity index is 1090. The number of hydrogen-bond donors (Lipinski definition) is 1. The molecule has 4 rings (SSSR count). The van der Waals surface area contributed by atoms with Crippen LogP contribution in [-0.2, 0) is 11.3 Å². The fourth-order valence-electron chi connectivity index (χ4n) is 3.88. The van der Waals surface area contributed by atoms with E-state index < -0.39 is 16.9 Å². The quantitative estimate of drug-likeness (QED) is 0.805. The second-order valence-electron chi connectivity index (χ2n) is 7.37. The second kappa shape index (κ2) is 7.23. The number of aryl methyl sites for hydroxylation is 1. The molecule has 0 saturated carbocycles. The number of likely N-dealkylation sites (tertiary alicyclic amines) is 1. The first-order valence-corrected chi connectivity index (χ1v) is 9.37. The zero-order chi connectivity index (χ0) is 20.6. The van der Waals surface area contributed by atoms with Gasteiger partial charge in [-0.2, -0.15) is 0 Å². The van der Waals surface area contributed by atoms with Crippen LogP contribution >= 0.6 is 0 Å². The Labute approximate surface area is 165 Å². The maximum absolute atomic E-state index is 12.7. The van der Waals surface area contributed by atoms with Gasteiger partial charge in [0.15, 0.2) is 5.78 Å². The Balaban J connectivity index is 1.43. The first kappa shape index (κ1) is 19.0. The number of carbonyl (C=O) groups excluding carboxylic acids is 2. The van der Waals surface area contributed by atoms with Gasteiger partial charge < -0.3 is 18.9 Å². The van der Waals surface area contributed by atoms with Crippen LogP contribution in [0.4, 0.5) is 0 Å². The minimum atomic E-state index is -0.719. The third-order valence-electron chi connectivity index (χ3n) is 5.43. The number of ketones is 1. The predicted octanol–water partition coefficient (Wildman–Crippen LogP) is 0.572. The summed E-state index contributed by atoms with van der Waals surface area (Å²) in [6.45, 7) is 0.974. The molecule has 1 fully saturated rings. The molecular weight excluding hydrogens is 378 g/mol. The minimum Gasteiger partial charge on any atom is -0.497 e. The van der Waals surface area contributed by atoms with Crippen LogP contribution in [0.15, 0.2) is 40.1 Å². The van der Waals surface area contributed by atoms with E-state index in [0.717, 1.165) is 0 Å². The summed E-state index contributed by atoms with van der Waals surface area (Å²) in [5.74, 6) is 0.948. The first-order valence-electron chi connectivity index (χ1n) is 9.37. The lowest BCUT2D eigenvalue weighted by molar-refractivity contribution is -0.131. The van der Waals surface area contributed by atoms with Crippen LogP contribution in [0.25, 0.3) is 0 Å². The number of nitrogens with zero attached hydrogens (tertiary/aromatic N) is 2. The van der Waals surface area contributed by atoms with Gasteiger partial charge in [-0.05, 0) is 18.2 Å². The number of amides is 1. The van der Waals surface area contributed by atoms with Gasteiger partial charge in [-0.25, -0.2) is 4.79 Å². The maximum Gasteiger partial charge on any atom is 0.328 e. The van der Waals surface area contributed by atoms with E-state index in [4.69, 9.17) is 9.47 Å². The van der Waals surface area contributed by atoms with Crippen molar-refractivity contribution in [2.45, 2.75) is 31.4 Å². The second-order valence-corrected chi connectivity index (χ2v) is 7.37. The van der Waals surface area contributed by atoms with E-state index in [1.807, 2.05) is 0 Å². The van der Waals surface area contributed by atoms with E-state index in [1.165, 1.54) is 16.8 Å². The monoisotopic (exact) mass is 399 g/mol. The molecule has 2 aliphatic rings. The molecule has 3 heterocycles. The average Bonchev–Trinajstić information content (AvgIpc) is 3.10. The summed E-state index contributed by atoms with van der Waals surface area (Å²) < 4.78 is 12.6. The Kier molecular flexibility index (Phi) is 4.73. The Morgan fingerprint density at radius 3 is 2.86 bits per heavy atom. The molecule has 1 amide bonds. The summed E-state index contributed by atoms with van der Waals surface area (Å²) in [7, 11) is 1.54. The number of aromatic amines is 1. The van der Waals surface area contributed by atoms with Gasteiger partial charge in [-0.1, -0.05) is 0 Å². The summed E-state index contributed by atoms with van der Waals surface area (Å²) in [5.41, 5.74) is -1.24. The van der Waals surface area contributed by atoms with Gasteiger partial charge in [0.1, 0.15) is 17.1 Å². The molecule has 0 bridgehead atoms. The summed E-state index contributed by atoms with van der Waals surface area (Å²) in [4.78, 5) is 52.0. The average molecular weight is 399 g/mol. The molecule has 1 saturated heterocycles.